The molecule has 0 radical (unpaired) electrons. The van der Waals surface area contributed by atoms with E-state index in [1.54, 1.807) is 6.08 Å². The Morgan fingerprint density at radius 2 is 2.14 bits per heavy atom. The Morgan fingerprint density at radius 3 is 2.57 bits per heavy atom. The summed E-state index contributed by atoms with van der Waals surface area (Å²) in [5, 5.41) is 0. The van der Waals surface area contributed by atoms with Crippen molar-refractivity contribution in [2.75, 3.05) is 17.6 Å². The number of carbonyl (C=O) groups excluding carboxylic acids is 1. The first-order valence-corrected chi connectivity index (χ1v) is 11.8. The minimum atomic E-state index is -1.27. The van der Waals surface area contributed by atoms with Crippen molar-refractivity contribution >= 4 is 37.7 Å². The second kappa shape index (κ2) is 7.46. The number of hydrogen-bond donors (Lipinski definition) is 0. The molecule has 0 saturated carbocycles. The van der Waals surface area contributed by atoms with Gasteiger partial charge in [-0.2, -0.15) is 0 Å². The van der Waals surface area contributed by atoms with Gasteiger partial charge in [0, 0.05) is 17.4 Å². The number of carbonyl (C=O) groups is 1. The van der Waals surface area contributed by atoms with E-state index < -0.39 is 14.8 Å². The van der Waals surface area contributed by atoms with Gasteiger partial charge in [-0.1, -0.05) is 56.0 Å². The van der Waals surface area contributed by atoms with Crippen LogP contribution in [0.5, 0.6) is 0 Å². The van der Waals surface area contributed by atoms with Crippen LogP contribution in [0.15, 0.2) is 12.7 Å². The Morgan fingerprint density at radius 1 is 1.52 bits per heavy atom. The number of nitrogens with zero attached hydrogens (tertiary/aromatic N) is 1. The highest BCUT2D eigenvalue weighted by atomic mass is 127. The van der Waals surface area contributed by atoms with Gasteiger partial charge in [0.25, 0.3) is 0 Å². The normalized spacial score (nSPS) is 26.2. The Bertz CT molecular complexity index is 384. The molecule has 0 unspecified atom stereocenters. The number of amides is 1. The molecule has 0 N–H and O–H groups in total. The van der Waals surface area contributed by atoms with Gasteiger partial charge in [0.15, 0.2) is 9.04 Å². The van der Waals surface area contributed by atoms with E-state index in [-0.39, 0.29) is 18.1 Å². The van der Waals surface area contributed by atoms with Gasteiger partial charge in [0.05, 0.1) is 0 Å². The molecule has 1 aliphatic rings. The van der Waals surface area contributed by atoms with Crippen LogP contribution < -0.4 is 0 Å². The number of ether oxygens (including phenoxy) is 1. The van der Waals surface area contributed by atoms with Crippen LogP contribution in [0.4, 0.5) is 4.79 Å². The maximum absolute atomic E-state index is 12.4. The molecule has 1 saturated heterocycles. The third-order valence-electron chi connectivity index (χ3n) is 3.89. The number of hydrogen-bond acceptors (Lipinski definition) is 3. The molecule has 0 spiro atoms. The lowest BCUT2D eigenvalue weighted by Crippen LogP contribution is -2.52. The zero-order valence-corrected chi connectivity index (χ0v) is 17.1. The molecule has 1 heterocycles. The summed E-state index contributed by atoms with van der Waals surface area (Å²) in [7, 11) is -1.27. The van der Waals surface area contributed by atoms with Crippen LogP contribution in [-0.2, 0) is 9.16 Å². The minimum absolute atomic E-state index is 0.145. The SMILES string of the molecule is C=CCOC(=O)N1C[C@@H](C(C)(C)C)C[C@@]1(CI)O[SiH](C)C. The molecule has 2 atom stereocenters. The predicted octanol–water partition coefficient (Wildman–Crippen LogP) is 3.81. The summed E-state index contributed by atoms with van der Waals surface area (Å²) in [4.78, 5) is 14.2. The van der Waals surface area contributed by atoms with Crippen LogP contribution in [-0.4, -0.2) is 43.3 Å². The molecule has 1 amide bonds. The standard InChI is InChI=1S/C15H28INO3Si/c1-7-8-19-13(18)17-10-12(14(2,3)4)9-15(17,11-16)20-21(5)6/h7,12,21H,1,8-11H2,2-6H3/t12-,15-/m0/s1. The van der Waals surface area contributed by atoms with Crippen LogP contribution >= 0.6 is 22.6 Å². The Balaban J connectivity index is 3.02. The summed E-state index contributed by atoms with van der Waals surface area (Å²) < 4.78 is 12.4. The van der Waals surface area contributed by atoms with E-state index in [0.717, 1.165) is 10.8 Å². The van der Waals surface area contributed by atoms with Crippen LogP contribution in [0.2, 0.25) is 13.1 Å². The van der Waals surface area contributed by atoms with Gasteiger partial charge < -0.3 is 9.16 Å². The topological polar surface area (TPSA) is 38.8 Å². The van der Waals surface area contributed by atoms with Crippen LogP contribution in [0.3, 0.4) is 0 Å². The summed E-state index contributed by atoms with van der Waals surface area (Å²) in [6, 6.07) is 0. The van der Waals surface area contributed by atoms with E-state index in [9.17, 15) is 4.79 Å². The highest BCUT2D eigenvalue weighted by Gasteiger charge is 2.52. The van der Waals surface area contributed by atoms with Crippen molar-refractivity contribution in [3.63, 3.8) is 0 Å². The molecule has 0 aromatic carbocycles. The van der Waals surface area contributed by atoms with Crippen molar-refractivity contribution in [1.29, 1.82) is 0 Å². The molecule has 0 aromatic rings. The summed E-state index contributed by atoms with van der Waals surface area (Å²) in [5.74, 6) is 0.413. The molecule has 0 aliphatic carbocycles. The first-order valence-electron chi connectivity index (χ1n) is 7.45. The lowest BCUT2D eigenvalue weighted by atomic mass is 9.79. The fourth-order valence-corrected chi connectivity index (χ4v) is 5.11. The van der Waals surface area contributed by atoms with Crippen LogP contribution in [0.25, 0.3) is 0 Å². The number of halogens is 1. The van der Waals surface area contributed by atoms with Gasteiger partial charge in [0.2, 0.25) is 0 Å². The Hall–Kier alpha value is -0.0831. The summed E-state index contributed by atoms with van der Waals surface area (Å²) in [6.07, 6.45) is 2.19. The van der Waals surface area contributed by atoms with Crippen molar-refractivity contribution < 1.29 is 14.0 Å². The first-order chi connectivity index (χ1) is 9.66. The van der Waals surface area contributed by atoms with Crippen molar-refractivity contribution in [3.8, 4) is 0 Å². The zero-order chi connectivity index (χ0) is 16.3. The third kappa shape index (κ3) is 4.69. The minimum Gasteiger partial charge on any atom is -0.445 e. The largest absolute Gasteiger partial charge is 0.445 e. The monoisotopic (exact) mass is 425 g/mol. The predicted molar refractivity (Wildman–Crippen MR) is 97.4 cm³/mol. The third-order valence-corrected chi connectivity index (χ3v) is 6.00. The molecule has 1 rings (SSSR count). The fraction of sp³-hybridized carbons (Fsp3) is 0.800. The van der Waals surface area contributed by atoms with E-state index in [1.165, 1.54) is 0 Å². The smallest absolute Gasteiger partial charge is 0.412 e. The van der Waals surface area contributed by atoms with Crippen molar-refractivity contribution in [2.24, 2.45) is 11.3 Å². The number of alkyl halides is 1. The highest BCUT2D eigenvalue weighted by Crippen LogP contribution is 2.44. The lowest BCUT2D eigenvalue weighted by Gasteiger charge is -2.38. The summed E-state index contributed by atoms with van der Waals surface area (Å²) in [5.41, 5.74) is -0.358. The van der Waals surface area contributed by atoms with Gasteiger partial charge in [-0.05, 0) is 24.4 Å². The number of likely N-dealkylation sites (tertiary alicyclic amines) is 1. The van der Waals surface area contributed by atoms with Crippen LogP contribution in [0.1, 0.15) is 27.2 Å². The maximum atomic E-state index is 12.4. The van der Waals surface area contributed by atoms with Gasteiger partial charge in [-0.25, -0.2) is 4.79 Å². The summed E-state index contributed by atoms with van der Waals surface area (Å²) >= 11 is 2.33. The Kier molecular flexibility index (Phi) is 6.73. The van der Waals surface area contributed by atoms with Crippen molar-refractivity contribution in [1.82, 2.24) is 4.90 Å². The molecule has 1 fully saturated rings. The quantitative estimate of drug-likeness (QED) is 0.291. The maximum Gasteiger partial charge on any atom is 0.412 e. The van der Waals surface area contributed by atoms with Crippen molar-refractivity contribution in [2.45, 2.75) is 46.0 Å². The van der Waals surface area contributed by atoms with E-state index in [1.807, 2.05) is 4.90 Å². The average Bonchev–Trinajstić information content (AvgIpc) is 2.75. The Labute approximate surface area is 144 Å². The zero-order valence-electron chi connectivity index (χ0n) is 13.8. The van der Waals surface area contributed by atoms with Gasteiger partial charge in [-0.15, -0.1) is 0 Å². The van der Waals surface area contributed by atoms with Gasteiger partial charge in [-0.3, -0.25) is 4.90 Å². The van der Waals surface area contributed by atoms with E-state index in [4.69, 9.17) is 9.16 Å². The fourth-order valence-electron chi connectivity index (χ4n) is 2.68. The van der Waals surface area contributed by atoms with E-state index in [0.29, 0.717) is 12.5 Å². The molecular formula is C15H28INO3Si. The van der Waals surface area contributed by atoms with Crippen LogP contribution in [0, 0.1) is 11.3 Å². The molecule has 6 heteroatoms. The second-order valence-corrected chi connectivity index (χ2v) is 10.1. The lowest BCUT2D eigenvalue weighted by molar-refractivity contribution is -0.0300. The highest BCUT2D eigenvalue weighted by molar-refractivity contribution is 14.1. The number of rotatable bonds is 5. The van der Waals surface area contributed by atoms with E-state index in [2.05, 4.69) is 63.0 Å². The first kappa shape index (κ1) is 19.0. The van der Waals surface area contributed by atoms with E-state index >= 15 is 0 Å². The van der Waals surface area contributed by atoms with Gasteiger partial charge in [0.1, 0.15) is 12.3 Å². The molecule has 0 aromatic heterocycles. The van der Waals surface area contributed by atoms with Crippen molar-refractivity contribution in [3.05, 3.63) is 12.7 Å². The molecule has 4 nitrogen and oxygen atoms in total. The molecule has 1 aliphatic heterocycles. The molecule has 21 heavy (non-hydrogen) atoms. The summed E-state index contributed by atoms with van der Waals surface area (Å²) in [6.45, 7) is 15.5. The van der Waals surface area contributed by atoms with Gasteiger partial charge >= 0.3 is 6.09 Å². The average molecular weight is 425 g/mol. The molecular weight excluding hydrogens is 397 g/mol. The molecule has 122 valence electrons. The second-order valence-electron chi connectivity index (χ2n) is 6.99. The molecule has 0 bridgehead atoms.